The molecular formula is C14H16BrNO2. The van der Waals surface area contributed by atoms with Gasteiger partial charge in [-0.3, -0.25) is 0 Å². The average molecular weight is 310 g/mol. The van der Waals surface area contributed by atoms with Crippen LogP contribution >= 0.6 is 15.9 Å². The molecule has 1 aromatic carbocycles. The number of benzene rings is 1. The van der Waals surface area contributed by atoms with Crippen molar-refractivity contribution in [3.05, 3.63) is 33.8 Å². The minimum Gasteiger partial charge on any atom is -0.478 e. The van der Waals surface area contributed by atoms with Crippen LogP contribution in [-0.4, -0.2) is 17.6 Å². The average Bonchev–Trinajstić information content (AvgIpc) is 2.35. The van der Waals surface area contributed by atoms with Crippen LogP contribution < -0.4 is 5.32 Å². The van der Waals surface area contributed by atoms with Gasteiger partial charge in [-0.25, -0.2) is 4.79 Å². The summed E-state index contributed by atoms with van der Waals surface area (Å²) in [6.45, 7) is 1.63. The monoisotopic (exact) mass is 309 g/mol. The van der Waals surface area contributed by atoms with E-state index < -0.39 is 5.97 Å². The van der Waals surface area contributed by atoms with Crippen molar-refractivity contribution in [2.75, 3.05) is 6.54 Å². The lowest BCUT2D eigenvalue weighted by atomic mass is 10.1. The molecule has 0 saturated carbocycles. The molecule has 18 heavy (non-hydrogen) atoms. The maximum absolute atomic E-state index is 10.8. The second kappa shape index (κ2) is 7.91. The van der Waals surface area contributed by atoms with E-state index in [1.54, 1.807) is 12.1 Å². The smallest absolute Gasteiger partial charge is 0.335 e. The zero-order valence-electron chi connectivity index (χ0n) is 10.1. The molecule has 0 saturated heterocycles. The normalized spacial score (nSPS) is 10.0. The maximum atomic E-state index is 10.8. The number of nitrogens with one attached hydrogen (secondary N) is 1. The van der Waals surface area contributed by atoms with Gasteiger partial charge >= 0.3 is 5.97 Å². The van der Waals surface area contributed by atoms with Crippen molar-refractivity contribution < 1.29 is 9.90 Å². The van der Waals surface area contributed by atoms with Gasteiger partial charge in [-0.2, -0.15) is 0 Å². The van der Waals surface area contributed by atoms with Gasteiger partial charge in [-0.1, -0.05) is 22.0 Å². The van der Waals surface area contributed by atoms with Crippen molar-refractivity contribution in [3.63, 3.8) is 0 Å². The fourth-order valence-corrected chi connectivity index (χ4v) is 2.04. The molecule has 0 aliphatic carbocycles. The highest BCUT2D eigenvalue weighted by molar-refractivity contribution is 9.10. The number of carboxylic acid groups (broad SMARTS) is 1. The molecule has 96 valence electrons. The highest BCUT2D eigenvalue weighted by atomic mass is 79.9. The van der Waals surface area contributed by atoms with Crippen molar-refractivity contribution in [2.24, 2.45) is 0 Å². The molecule has 0 aromatic heterocycles. The number of aromatic carboxylic acids is 1. The maximum Gasteiger partial charge on any atom is 0.335 e. The predicted molar refractivity (Wildman–Crippen MR) is 75.5 cm³/mol. The van der Waals surface area contributed by atoms with Crippen LogP contribution in [0.25, 0.3) is 0 Å². The summed E-state index contributed by atoms with van der Waals surface area (Å²) < 4.78 is 0.818. The summed E-state index contributed by atoms with van der Waals surface area (Å²) in [4.78, 5) is 10.8. The van der Waals surface area contributed by atoms with Crippen LogP contribution in [0.5, 0.6) is 0 Å². The number of hydrogen-bond acceptors (Lipinski definition) is 2. The van der Waals surface area contributed by atoms with E-state index >= 15 is 0 Å². The number of carboxylic acids is 1. The number of rotatable bonds is 7. The summed E-state index contributed by atoms with van der Waals surface area (Å²) in [5, 5.41) is 12.1. The first kappa shape index (κ1) is 14.7. The Hall–Kier alpha value is -1.31. The predicted octanol–water partition coefficient (Wildman–Crippen LogP) is 3.04. The van der Waals surface area contributed by atoms with Gasteiger partial charge in [-0.15, -0.1) is 12.3 Å². The SMILES string of the molecule is C#CCCCCNCc1ccc(C(=O)O)cc1Br. The minimum atomic E-state index is -0.913. The summed E-state index contributed by atoms with van der Waals surface area (Å²) in [6, 6.07) is 5.06. The van der Waals surface area contributed by atoms with Gasteiger partial charge in [0.05, 0.1) is 5.56 Å². The minimum absolute atomic E-state index is 0.291. The third-order valence-electron chi connectivity index (χ3n) is 2.54. The fraction of sp³-hybridized carbons (Fsp3) is 0.357. The first-order chi connectivity index (χ1) is 8.65. The number of unbranched alkanes of at least 4 members (excludes halogenated alkanes) is 2. The highest BCUT2D eigenvalue weighted by Crippen LogP contribution is 2.18. The van der Waals surface area contributed by atoms with Gasteiger partial charge < -0.3 is 10.4 Å². The molecule has 1 rings (SSSR count). The molecule has 0 fully saturated rings. The Morgan fingerprint density at radius 1 is 1.44 bits per heavy atom. The molecule has 0 bridgehead atoms. The largest absolute Gasteiger partial charge is 0.478 e. The molecule has 0 amide bonds. The lowest BCUT2D eigenvalue weighted by molar-refractivity contribution is 0.0697. The number of carbonyl (C=O) groups is 1. The summed E-state index contributed by atoms with van der Waals surface area (Å²) in [6.07, 6.45) is 8.07. The number of hydrogen-bond donors (Lipinski definition) is 2. The van der Waals surface area contributed by atoms with Crippen molar-refractivity contribution in [1.82, 2.24) is 5.32 Å². The number of halogens is 1. The molecule has 0 aliphatic heterocycles. The van der Waals surface area contributed by atoms with E-state index in [4.69, 9.17) is 11.5 Å². The molecule has 0 aliphatic rings. The van der Waals surface area contributed by atoms with Crippen molar-refractivity contribution in [2.45, 2.75) is 25.8 Å². The molecule has 0 spiro atoms. The van der Waals surface area contributed by atoms with E-state index in [0.29, 0.717) is 5.56 Å². The fourth-order valence-electron chi connectivity index (χ4n) is 1.52. The third-order valence-corrected chi connectivity index (χ3v) is 3.28. The highest BCUT2D eigenvalue weighted by Gasteiger charge is 2.06. The van der Waals surface area contributed by atoms with E-state index in [1.807, 2.05) is 6.07 Å². The number of terminal acetylenes is 1. The van der Waals surface area contributed by atoms with Crippen LogP contribution in [0.4, 0.5) is 0 Å². The van der Waals surface area contributed by atoms with E-state index in [1.165, 1.54) is 0 Å². The third kappa shape index (κ3) is 4.91. The molecule has 2 N–H and O–H groups in total. The summed E-state index contributed by atoms with van der Waals surface area (Å²) in [5.74, 6) is 1.70. The summed E-state index contributed by atoms with van der Waals surface area (Å²) in [5.41, 5.74) is 1.34. The lowest BCUT2D eigenvalue weighted by Gasteiger charge is -2.07. The van der Waals surface area contributed by atoms with Gasteiger partial charge in [0.1, 0.15) is 0 Å². The van der Waals surface area contributed by atoms with Crippen LogP contribution in [0.1, 0.15) is 35.2 Å². The molecule has 0 atom stereocenters. The van der Waals surface area contributed by atoms with Gasteiger partial charge in [0, 0.05) is 17.4 Å². The second-order valence-electron chi connectivity index (χ2n) is 3.95. The van der Waals surface area contributed by atoms with Crippen molar-refractivity contribution >= 4 is 21.9 Å². The van der Waals surface area contributed by atoms with Gasteiger partial charge in [0.25, 0.3) is 0 Å². The van der Waals surface area contributed by atoms with Crippen LogP contribution in [0, 0.1) is 12.3 Å². The van der Waals surface area contributed by atoms with E-state index in [-0.39, 0.29) is 0 Å². The first-order valence-electron chi connectivity index (χ1n) is 5.81. The Balaban J connectivity index is 2.39. The molecule has 4 heteroatoms. The quantitative estimate of drug-likeness (QED) is 0.601. The standard InChI is InChI=1S/C14H16BrNO2/c1-2-3-4-5-8-16-10-12-7-6-11(14(17)18)9-13(12)15/h1,6-7,9,16H,3-5,8,10H2,(H,17,18). The molecule has 0 unspecified atom stereocenters. The second-order valence-corrected chi connectivity index (χ2v) is 4.80. The van der Waals surface area contributed by atoms with Crippen LogP contribution in [0.3, 0.4) is 0 Å². The zero-order chi connectivity index (χ0) is 13.4. The molecule has 3 nitrogen and oxygen atoms in total. The summed E-state index contributed by atoms with van der Waals surface area (Å²) in [7, 11) is 0. The van der Waals surface area contributed by atoms with Gasteiger partial charge in [0.15, 0.2) is 0 Å². The van der Waals surface area contributed by atoms with Gasteiger partial charge in [-0.05, 0) is 37.1 Å². The Morgan fingerprint density at radius 2 is 2.22 bits per heavy atom. The molecule has 0 heterocycles. The molecular weight excluding hydrogens is 294 g/mol. The van der Waals surface area contributed by atoms with E-state index in [0.717, 1.165) is 42.4 Å². The van der Waals surface area contributed by atoms with E-state index in [9.17, 15) is 4.79 Å². The van der Waals surface area contributed by atoms with Crippen molar-refractivity contribution in [3.8, 4) is 12.3 Å². The van der Waals surface area contributed by atoms with Crippen LogP contribution in [0.2, 0.25) is 0 Å². The zero-order valence-corrected chi connectivity index (χ0v) is 11.7. The molecule has 1 aromatic rings. The van der Waals surface area contributed by atoms with Crippen LogP contribution in [0.15, 0.2) is 22.7 Å². The van der Waals surface area contributed by atoms with Crippen molar-refractivity contribution in [1.29, 1.82) is 0 Å². The Morgan fingerprint density at radius 3 is 2.83 bits per heavy atom. The Bertz CT molecular complexity index is 452. The van der Waals surface area contributed by atoms with E-state index in [2.05, 4.69) is 27.2 Å². The topological polar surface area (TPSA) is 49.3 Å². The Labute approximate surface area is 116 Å². The summed E-state index contributed by atoms with van der Waals surface area (Å²) >= 11 is 3.38. The lowest BCUT2D eigenvalue weighted by Crippen LogP contribution is -2.15. The molecule has 0 radical (unpaired) electrons. The van der Waals surface area contributed by atoms with Gasteiger partial charge in [0.2, 0.25) is 0 Å². The van der Waals surface area contributed by atoms with Crippen LogP contribution in [-0.2, 0) is 6.54 Å². The first-order valence-corrected chi connectivity index (χ1v) is 6.60. The Kier molecular flexibility index (Phi) is 6.48.